The summed E-state index contributed by atoms with van der Waals surface area (Å²) in [6.45, 7) is 0. The van der Waals surface area contributed by atoms with Gasteiger partial charge in [0.15, 0.2) is 0 Å². The molecule has 0 aliphatic carbocycles. The molecule has 4 aromatic rings. The van der Waals surface area contributed by atoms with E-state index in [0.717, 1.165) is 27.6 Å². The molecule has 0 saturated carbocycles. The number of nitrogen functional groups attached to an aromatic ring is 1. The zero-order valence-electron chi connectivity index (χ0n) is 12.1. The first-order valence-corrected chi connectivity index (χ1v) is 7.97. The van der Waals surface area contributed by atoms with E-state index in [-0.39, 0.29) is 0 Å². The summed E-state index contributed by atoms with van der Waals surface area (Å²) in [5.41, 5.74) is 10.4. The molecule has 0 aliphatic heterocycles. The number of nitrogens with zero attached hydrogens (tertiary/aromatic N) is 4. The van der Waals surface area contributed by atoms with Crippen LogP contribution in [0.4, 0.5) is 5.69 Å². The molecule has 0 fully saturated rings. The first-order chi connectivity index (χ1) is 11.3. The molecule has 0 spiro atoms. The Bertz CT molecular complexity index is 942. The third-order valence-corrected chi connectivity index (χ3v) is 4.29. The van der Waals surface area contributed by atoms with E-state index >= 15 is 0 Å². The molecule has 0 unspecified atom stereocenters. The second-order valence-electron chi connectivity index (χ2n) is 5.04. The van der Waals surface area contributed by atoms with Gasteiger partial charge in [-0.3, -0.25) is 0 Å². The van der Waals surface area contributed by atoms with Crippen molar-refractivity contribution >= 4 is 17.0 Å². The summed E-state index contributed by atoms with van der Waals surface area (Å²) in [6.07, 6.45) is 1.72. The van der Waals surface area contributed by atoms with Gasteiger partial charge in [-0.2, -0.15) is 4.68 Å². The van der Waals surface area contributed by atoms with Crippen molar-refractivity contribution in [2.45, 2.75) is 0 Å². The molecule has 2 aromatic heterocycles. The van der Waals surface area contributed by atoms with Crippen LogP contribution in [-0.2, 0) is 0 Å². The molecule has 5 nitrogen and oxygen atoms in total. The monoisotopic (exact) mass is 319 g/mol. The molecule has 2 aromatic carbocycles. The fraction of sp³-hybridized carbons (Fsp3) is 0. The topological polar surface area (TPSA) is 69.6 Å². The van der Waals surface area contributed by atoms with Crippen molar-refractivity contribution in [3.63, 3.8) is 0 Å². The molecule has 23 heavy (non-hydrogen) atoms. The average Bonchev–Trinajstić information content (AvgIpc) is 3.25. The Morgan fingerprint density at radius 1 is 0.957 bits per heavy atom. The summed E-state index contributed by atoms with van der Waals surface area (Å²) in [6, 6.07) is 17.7. The molecule has 4 rings (SSSR count). The van der Waals surface area contributed by atoms with E-state index in [1.165, 1.54) is 11.3 Å². The predicted octanol–water partition coefficient (Wildman–Crippen LogP) is 3.64. The SMILES string of the molecule is Nc1cccc(-c2cnnn2-c2nc(-c3ccccc3)cs2)c1. The van der Waals surface area contributed by atoms with E-state index in [1.807, 2.05) is 60.0 Å². The average molecular weight is 319 g/mol. The molecular weight excluding hydrogens is 306 g/mol. The van der Waals surface area contributed by atoms with Gasteiger partial charge in [0.25, 0.3) is 0 Å². The van der Waals surface area contributed by atoms with Crippen molar-refractivity contribution in [3.8, 4) is 27.6 Å². The summed E-state index contributed by atoms with van der Waals surface area (Å²) in [7, 11) is 0. The van der Waals surface area contributed by atoms with Crippen LogP contribution in [0.25, 0.3) is 27.6 Å². The molecule has 0 atom stereocenters. The lowest BCUT2D eigenvalue weighted by Crippen LogP contribution is -1.99. The van der Waals surface area contributed by atoms with Crippen molar-refractivity contribution in [1.29, 1.82) is 0 Å². The Morgan fingerprint density at radius 3 is 2.61 bits per heavy atom. The Morgan fingerprint density at radius 2 is 1.78 bits per heavy atom. The molecule has 2 heterocycles. The summed E-state index contributed by atoms with van der Waals surface area (Å²) < 4.78 is 1.74. The van der Waals surface area contributed by atoms with Crippen LogP contribution in [0, 0.1) is 0 Å². The van der Waals surface area contributed by atoms with Gasteiger partial charge in [-0.05, 0) is 12.1 Å². The lowest BCUT2D eigenvalue weighted by atomic mass is 10.1. The summed E-state index contributed by atoms with van der Waals surface area (Å²) in [5.74, 6) is 0. The van der Waals surface area contributed by atoms with Crippen LogP contribution in [0.1, 0.15) is 0 Å². The first-order valence-electron chi connectivity index (χ1n) is 7.09. The number of anilines is 1. The van der Waals surface area contributed by atoms with Gasteiger partial charge in [-0.1, -0.05) is 47.7 Å². The van der Waals surface area contributed by atoms with Gasteiger partial charge in [0.2, 0.25) is 5.13 Å². The van der Waals surface area contributed by atoms with E-state index in [0.29, 0.717) is 5.69 Å². The van der Waals surface area contributed by atoms with Gasteiger partial charge in [0.1, 0.15) is 0 Å². The highest BCUT2D eigenvalue weighted by molar-refractivity contribution is 7.12. The van der Waals surface area contributed by atoms with Crippen molar-refractivity contribution in [2.75, 3.05) is 5.73 Å². The van der Waals surface area contributed by atoms with E-state index in [4.69, 9.17) is 5.73 Å². The minimum atomic E-state index is 0.708. The van der Waals surface area contributed by atoms with Crippen LogP contribution in [0.3, 0.4) is 0 Å². The zero-order valence-corrected chi connectivity index (χ0v) is 12.9. The Balaban J connectivity index is 1.76. The Hall–Kier alpha value is -2.99. The zero-order chi connectivity index (χ0) is 15.6. The minimum Gasteiger partial charge on any atom is -0.399 e. The number of benzene rings is 2. The van der Waals surface area contributed by atoms with Crippen molar-refractivity contribution in [1.82, 2.24) is 20.0 Å². The van der Waals surface area contributed by atoms with Gasteiger partial charge >= 0.3 is 0 Å². The number of aromatic nitrogens is 4. The molecule has 0 bridgehead atoms. The molecular formula is C17H13N5S. The van der Waals surface area contributed by atoms with Crippen LogP contribution in [0.2, 0.25) is 0 Å². The summed E-state index contributed by atoms with van der Waals surface area (Å²) >= 11 is 1.53. The van der Waals surface area contributed by atoms with E-state index in [1.54, 1.807) is 10.9 Å². The van der Waals surface area contributed by atoms with Gasteiger partial charge in [0.05, 0.1) is 17.6 Å². The third-order valence-electron chi connectivity index (χ3n) is 3.47. The van der Waals surface area contributed by atoms with Gasteiger partial charge in [0, 0.05) is 22.2 Å². The van der Waals surface area contributed by atoms with Crippen LogP contribution in [-0.4, -0.2) is 20.0 Å². The highest BCUT2D eigenvalue weighted by Crippen LogP contribution is 2.27. The fourth-order valence-corrected chi connectivity index (χ4v) is 3.17. The molecule has 2 N–H and O–H groups in total. The van der Waals surface area contributed by atoms with Crippen molar-refractivity contribution in [3.05, 3.63) is 66.2 Å². The van der Waals surface area contributed by atoms with E-state index in [2.05, 4.69) is 15.3 Å². The van der Waals surface area contributed by atoms with Crippen molar-refractivity contribution in [2.24, 2.45) is 0 Å². The second-order valence-corrected chi connectivity index (χ2v) is 5.87. The number of thiazole rings is 1. The fourth-order valence-electron chi connectivity index (χ4n) is 2.37. The van der Waals surface area contributed by atoms with Gasteiger partial charge in [-0.15, -0.1) is 16.4 Å². The molecule has 0 saturated heterocycles. The minimum absolute atomic E-state index is 0.708. The number of rotatable bonds is 3. The predicted molar refractivity (Wildman–Crippen MR) is 92.3 cm³/mol. The van der Waals surface area contributed by atoms with E-state index in [9.17, 15) is 0 Å². The highest BCUT2D eigenvalue weighted by atomic mass is 32.1. The Kier molecular flexibility index (Phi) is 3.36. The van der Waals surface area contributed by atoms with Crippen LogP contribution in [0.15, 0.2) is 66.2 Å². The molecule has 0 radical (unpaired) electrons. The lowest BCUT2D eigenvalue weighted by Gasteiger charge is -2.03. The Labute approximate surface area is 137 Å². The molecule has 0 aliphatic rings. The lowest BCUT2D eigenvalue weighted by molar-refractivity contribution is 0.802. The maximum atomic E-state index is 5.87. The van der Waals surface area contributed by atoms with Crippen molar-refractivity contribution < 1.29 is 0 Å². The largest absolute Gasteiger partial charge is 0.399 e. The third kappa shape index (κ3) is 2.60. The standard InChI is InChI=1S/C17H13N5S/c18-14-8-4-7-13(9-14)16-10-19-21-22(16)17-20-15(11-23-17)12-5-2-1-3-6-12/h1-11H,18H2. The molecule has 112 valence electrons. The smallest absolute Gasteiger partial charge is 0.212 e. The van der Waals surface area contributed by atoms with Crippen LogP contribution >= 0.6 is 11.3 Å². The van der Waals surface area contributed by atoms with Crippen LogP contribution in [0.5, 0.6) is 0 Å². The first kappa shape index (κ1) is 13.7. The van der Waals surface area contributed by atoms with E-state index < -0.39 is 0 Å². The summed E-state index contributed by atoms with van der Waals surface area (Å²) in [5, 5.41) is 11.0. The number of nitrogens with two attached hydrogens (primary N) is 1. The molecule has 6 heteroatoms. The quantitative estimate of drug-likeness (QED) is 0.585. The highest BCUT2D eigenvalue weighted by Gasteiger charge is 2.13. The van der Waals surface area contributed by atoms with Gasteiger partial charge < -0.3 is 5.73 Å². The maximum Gasteiger partial charge on any atom is 0.212 e. The number of hydrogen-bond acceptors (Lipinski definition) is 5. The summed E-state index contributed by atoms with van der Waals surface area (Å²) in [4.78, 5) is 4.68. The van der Waals surface area contributed by atoms with Gasteiger partial charge in [-0.25, -0.2) is 4.98 Å². The normalized spacial score (nSPS) is 10.8. The second kappa shape index (κ2) is 5.66. The maximum absolute atomic E-state index is 5.87. The number of hydrogen-bond donors (Lipinski definition) is 1. The van der Waals surface area contributed by atoms with Crippen LogP contribution < -0.4 is 5.73 Å². The molecule has 0 amide bonds.